The van der Waals surface area contributed by atoms with Crippen molar-refractivity contribution in [1.29, 1.82) is 0 Å². The highest BCUT2D eigenvalue weighted by molar-refractivity contribution is 5.72. The summed E-state index contributed by atoms with van der Waals surface area (Å²) in [6, 6.07) is 39.6. The Bertz CT molecular complexity index is 1250. The Morgan fingerprint density at radius 2 is 0.848 bits per heavy atom. The first-order valence-electron chi connectivity index (χ1n) is 10.7. The Hall–Kier alpha value is -4.51. The van der Waals surface area contributed by atoms with Crippen LogP contribution in [0.15, 0.2) is 115 Å². The molecule has 0 unspecified atom stereocenters. The first-order chi connectivity index (χ1) is 16.2. The van der Waals surface area contributed by atoms with Crippen LogP contribution in [0.3, 0.4) is 0 Å². The summed E-state index contributed by atoms with van der Waals surface area (Å²) in [6.45, 7) is 0. The second kappa shape index (κ2) is 8.55. The lowest BCUT2D eigenvalue weighted by atomic mass is 9.64. The van der Waals surface area contributed by atoms with Crippen molar-refractivity contribution in [3.8, 4) is 11.4 Å². The van der Waals surface area contributed by atoms with Crippen LogP contribution < -0.4 is 11.5 Å². The van der Waals surface area contributed by atoms with E-state index in [1.807, 2.05) is 36.4 Å². The first kappa shape index (κ1) is 20.4. The van der Waals surface area contributed by atoms with Crippen molar-refractivity contribution < 1.29 is 0 Å². The van der Waals surface area contributed by atoms with Crippen molar-refractivity contribution in [3.63, 3.8) is 0 Å². The molecule has 0 saturated carbocycles. The molecule has 4 N–H and O–H groups in total. The second-order valence-corrected chi connectivity index (χ2v) is 7.77. The van der Waals surface area contributed by atoms with E-state index in [1.165, 1.54) is 0 Å². The van der Waals surface area contributed by atoms with Crippen molar-refractivity contribution in [3.05, 3.63) is 138 Å². The molecule has 33 heavy (non-hydrogen) atoms. The molecule has 0 atom stereocenters. The number of rotatable bonds is 5. The molecule has 0 spiro atoms. The molecule has 5 aromatic rings. The fourth-order valence-corrected chi connectivity index (χ4v) is 4.57. The molecule has 0 fully saturated rings. The summed E-state index contributed by atoms with van der Waals surface area (Å²) in [6.07, 6.45) is 0. The SMILES string of the molecule is Nc1nc(N)nc(-c2ccccc2C(c2ccccc2)(c2ccccc2)c2ccccc2)n1. The van der Waals surface area contributed by atoms with E-state index < -0.39 is 5.41 Å². The van der Waals surface area contributed by atoms with Gasteiger partial charge in [-0.1, -0.05) is 115 Å². The van der Waals surface area contributed by atoms with E-state index in [-0.39, 0.29) is 11.9 Å². The quantitative estimate of drug-likeness (QED) is 0.380. The van der Waals surface area contributed by atoms with E-state index in [2.05, 4.69) is 93.8 Å². The van der Waals surface area contributed by atoms with Crippen LogP contribution in [0, 0.1) is 0 Å². The number of anilines is 2. The zero-order chi connectivity index (χ0) is 22.7. The molecule has 5 rings (SSSR count). The Morgan fingerprint density at radius 1 is 0.455 bits per heavy atom. The Labute approximate surface area is 192 Å². The van der Waals surface area contributed by atoms with Gasteiger partial charge in [0.2, 0.25) is 11.9 Å². The van der Waals surface area contributed by atoms with Gasteiger partial charge in [0.1, 0.15) is 0 Å². The minimum absolute atomic E-state index is 0.0945. The van der Waals surface area contributed by atoms with Gasteiger partial charge < -0.3 is 11.5 Å². The number of nitrogens with two attached hydrogens (primary N) is 2. The number of nitrogens with zero attached hydrogens (tertiary/aromatic N) is 3. The second-order valence-electron chi connectivity index (χ2n) is 7.77. The predicted molar refractivity (Wildman–Crippen MR) is 132 cm³/mol. The number of hydrogen-bond acceptors (Lipinski definition) is 5. The Kier molecular flexibility index (Phi) is 5.29. The fraction of sp³-hybridized carbons (Fsp3) is 0.0357. The minimum atomic E-state index is -0.628. The minimum Gasteiger partial charge on any atom is -0.368 e. The maximum absolute atomic E-state index is 5.95. The van der Waals surface area contributed by atoms with Gasteiger partial charge >= 0.3 is 0 Å². The molecule has 1 aromatic heterocycles. The number of benzene rings is 4. The van der Waals surface area contributed by atoms with Crippen LogP contribution in [0.25, 0.3) is 11.4 Å². The van der Waals surface area contributed by atoms with Crippen molar-refractivity contribution in [2.75, 3.05) is 11.5 Å². The smallest absolute Gasteiger partial charge is 0.225 e. The molecule has 0 aliphatic rings. The Balaban J connectivity index is 1.94. The van der Waals surface area contributed by atoms with E-state index in [1.54, 1.807) is 0 Å². The molecule has 0 bridgehead atoms. The van der Waals surface area contributed by atoms with Crippen LogP contribution in [0.4, 0.5) is 11.9 Å². The monoisotopic (exact) mass is 429 g/mol. The zero-order valence-corrected chi connectivity index (χ0v) is 18.0. The van der Waals surface area contributed by atoms with Gasteiger partial charge in [0.25, 0.3) is 0 Å². The largest absolute Gasteiger partial charge is 0.368 e. The lowest BCUT2D eigenvalue weighted by Crippen LogP contribution is -2.31. The first-order valence-corrected chi connectivity index (χ1v) is 10.7. The zero-order valence-electron chi connectivity index (χ0n) is 18.0. The molecule has 0 aliphatic carbocycles. The average molecular weight is 430 g/mol. The standard InChI is InChI=1S/C28H23N5/c29-26-31-25(32-27(30)33-26)23-18-10-11-19-24(23)28(20-12-4-1-5-13-20,21-14-6-2-7-15-21)22-16-8-3-9-17-22/h1-19H,(H4,29,30,31,32,33). The average Bonchev–Trinajstić information content (AvgIpc) is 2.86. The predicted octanol–water partition coefficient (Wildman–Crippen LogP) is 5.09. The molecule has 0 amide bonds. The molecule has 0 saturated heterocycles. The van der Waals surface area contributed by atoms with Gasteiger partial charge in [-0.3, -0.25) is 0 Å². The number of nitrogen functional groups attached to an aromatic ring is 2. The molecule has 0 aliphatic heterocycles. The summed E-state index contributed by atoms with van der Waals surface area (Å²) in [5.74, 6) is 0.636. The summed E-state index contributed by atoms with van der Waals surface area (Å²) in [5.41, 5.74) is 16.5. The van der Waals surface area contributed by atoms with Crippen molar-refractivity contribution in [1.82, 2.24) is 15.0 Å². The highest BCUT2D eigenvalue weighted by Gasteiger charge is 2.40. The summed E-state index contributed by atoms with van der Waals surface area (Å²) < 4.78 is 0. The third-order valence-corrected chi connectivity index (χ3v) is 5.86. The van der Waals surface area contributed by atoms with Gasteiger partial charge in [-0.25, -0.2) is 0 Å². The van der Waals surface area contributed by atoms with Gasteiger partial charge in [0.05, 0.1) is 5.41 Å². The van der Waals surface area contributed by atoms with Gasteiger partial charge in [0.15, 0.2) is 5.82 Å². The van der Waals surface area contributed by atoms with E-state index in [9.17, 15) is 0 Å². The Morgan fingerprint density at radius 3 is 1.30 bits per heavy atom. The van der Waals surface area contributed by atoms with Crippen LogP contribution in [-0.4, -0.2) is 15.0 Å². The third-order valence-electron chi connectivity index (χ3n) is 5.86. The van der Waals surface area contributed by atoms with Crippen LogP contribution in [0.1, 0.15) is 22.3 Å². The molecular formula is C28H23N5. The van der Waals surface area contributed by atoms with Crippen molar-refractivity contribution in [2.24, 2.45) is 0 Å². The van der Waals surface area contributed by atoms with E-state index >= 15 is 0 Å². The fourth-order valence-electron chi connectivity index (χ4n) is 4.57. The van der Waals surface area contributed by atoms with Gasteiger partial charge in [-0.05, 0) is 22.3 Å². The lowest BCUT2D eigenvalue weighted by Gasteiger charge is -2.38. The van der Waals surface area contributed by atoms with Crippen LogP contribution in [0.5, 0.6) is 0 Å². The number of hydrogen-bond donors (Lipinski definition) is 2. The normalized spacial score (nSPS) is 11.3. The molecule has 5 heteroatoms. The van der Waals surface area contributed by atoms with Gasteiger partial charge in [-0.2, -0.15) is 15.0 Å². The summed E-state index contributed by atoms with van der Waals surface area (Å²) in [5, 5.41) is 0. The molecule has 0 radical (unpaired) electrons. The maximum atomic E-state index is 5.95. The summed E-state index contributed by atoms with van der Waals surface area (Å²) in [4.78, 5) is 12.8. The van der Waals surface area contributed by atoms with E-state index in [4.69, 9.17) is 11.5 Å². The molecule has 160 valence electrons. The molecule has 5 nitrogen and oxygen atoms in total. The molecule has 4 aromatic carbocycles. The highest BCUT2D eigenvalue weighted by atomic mass is 15.1. The number of aromatic nitrogens is 3. The van der Waals surface area contributed by atoms with E-state index in [0.717, 1.165) is 27.8 Å². The lowest BCUT2D eigenvalue weighted by molar-refractivity contribution is 0.745. The summed E-state index contributed by atoms with van der Waals surface area (Å²) >= 11 is 0. The van der Waals surface area contributed by atoms with Crippen LogP contribution >= 0.6 is 0 Å². The van der Waals surface area contributed by atoms with Crippen LogP contribution in [-0.2, 0) is 5.41 Å². The third kappa shape index (κ3) is 3.59. The van der Waals surface area contributed by atoms with Crippen molar-refractivity contribution in [2.45, 2.75) is 5.41 Å². The summed E-state index contributed by atoms with van der Waals surface area (Å²) in [7, 11) is 0. The molecule has 1 heterocycles. The van der Waals surface area contributed by atoms with Gasteiger partial charge in [0, 0.05) is 5.56 Å². The highest BCUT2D eigenvalue weighted by Crippen LogP contribution is 2.47. The molecular weight excluding hydrogens is 406 g/mol. The maximum Gasteiger partial charge on any atom is 0.225 e. The van der Waals surface area contributed by atoms with Gasteiger partial charge in [-0.15, -0.1) is 0 Å². The van der Waals surface area contributed by atoms with Crippen molar-refractivity contribution >= 4 is 11.9 Å². The van der Waals surface area contributed by atoms with E-state index in [0.29, 0.717) is 5.82 Å². The topological polar surface area (TPSA) is 90.7 Å². The van der Waals surface area contributed by atoms with Crippen LogP contribution in [0.2, 0.25) is 0 Å².